The van der Waals surface area contributed by atoms with Gasteiger partial charge < -0.3 is 39.8 Å². The highest BCUT2D eigenvalue weighted by Crippen LogP contribution is 2.46. The number of fused-ring (bicyclic) bond motifs is 4. The number of likely N-dealkylation sites (tertiary alicyclic amines) is 1. The number of benzene rings is 5. The minimum Gasteiger partial charge on any atom is -0.497 e. The number of aromatic nitrogens is 1. The van der Waals surface area contributed by atoms with Crippen molar-refractivity contribution in [3.63, 3.8) is 0 Å². The highest BCUT2D eigenvalue weighted by Gasteiger charge is 2.61. The summed E-state index contributed by atoms with van der Waals surface area (Å²) in [5.74, 6) is -2.61. The van der Waals surface area contributed by atoms with Crippen LogP contribution in [0.25, 0.3) is 33.3 Å². The number of nitrogens with one attached hydrogen (secondary N) is 4. The average molecular weight is 1020 g/mol. The van der Waals surface area contributed by atoms with E-state index in [4.69, 9.17) is 23.9 Å². The van der Waals surface area contributed by atoms with E-state index in [0.29, 0.717) is 28.1 Å². The molecule has 9 rings (SSSR count). The van der Waals surface area contributed by atoms with E-state index < -0.39 is 81.7 Å². The second kappa shape index (κ2) is 20.7. The molecule has 1 saturated carbocycles. The largest absolute Gasteiger partial charge is 0.497 e. The van der Waals surface area contributed by atoms with Crippen LogP contribution in [0.1, 0.15) is 50.7 Å². The molecule has 2 aliphatic carbocycles. The van der Waals surface area contributed by atoms with Gasteiger partial charge >= 0.3 is 12.2 Å². The summed E-state index contributed by atoms with van der Waals surface area (Å²) in [6.45, 7) is 8.02. The molecule has 2 heterocycles. The fraction of sp³-hybridized carbons (Fsp3) is 0.286. The first kappa shape index (κ1) is 50.7. The van der Waals surface area contributed by atoms with E-state index in [1.54, 1.807) is 58.2 Å². The van der Waals surface area contributed by atoms with E-state index in [2.05, 4.69) is 27.3 Å². The Balaban J connectivity index is 1.01. The van der Waals surface area contributed by atoms with Crippen molar-refractivity contribution in [2.24, 2.45) is 5.92 Å². The monoisotopic (exact) mass is 1020 g/mol. The van der Waals surface area contributed by atoms with Crippen LogP contribution in [0.3, 0.4) is 0 Å². The van der Waals surface area contributed by atoms with E-state index in [-0.39, 0.29) is 36.8 Å². The summed E-state index contributed by atoms with van der Waals surface area (Å²) >= 11 is 0. The van der Waals surface area contributed by atoms with E-state index in [9.17, 15) is 27.6 Å². The third kappa shape index (κ3) is 10.8. The van der Waals surface area contributed by atoms with Gasteiger partial charge in [-0.05, 0) is 73.7 Å². The second-order valence-electron chi connectivity index (χ2n) is 19.4. The number of amides is 5. The zero-order valence-electron chi connectivity index (χ0n) is 41.2. The Hall–Kier alpha value is -8.25. The summed E-state index contributed by atoms with van der Waals surface area (Å²) in [6.07, 6.45) is -1.41. The maximum absolute atomic E-state index is 15.1. The maximum atomic E-state index is 15.1. The van der Waals surface area contributed by atoms with Crippen molar-refractivity contribution in [1.82, 2.24) is 30.6 Å². The van der Waals surface area contributed by atoms with Gasteiger partial charge in [-0.3, -0.25) is 14.4 Å². The SMILES string of the molecule is C=C[C@@H]1C[C@]1(NC(=O)[C@@H]1CC(Oc2cc(-c3ccccc3)nc3cc(OC)ccc23)CN1C(=O)[C@H](CNC(=O)OCC1c2ccccc2-c2ccccc21)NC(=O)OC(C)(C)C)C(=O)NS(=O)(=O)c1ccccc1. The predicted molar refractivity (Wildman–Crippen MR) is 275 cm³/mol. The number of alkyl carbamates (subject to hydrolysis) is 2. The van der Waals surface area contributed by atoms with Gasteiger partial charge in [0.05, 0.1) is 36.3 Å². The Kier molecular flexibility index (Phi) is 14.2. The Morgan fingerprint density at radius 1 is 0.851 bits per heavy atom. The molecule has 18 heteroatoms. The molecular formula is C56H56N6O11S. The molecule has 2 fully saturated rings. The van der Waals surface area contributed by atoms with Gasteiger partial charge in [0.25, 0.3) is 15.9 Å². The first-order valence-corrected chi connectivity index (χ1v) is 25.6. The number of nitrogens with zero attached hydrogens (tertiary/aromatic N) is 2. The Morgan fingerprint density at radius 3 is 2.14 bits per heavy atom. The zero-order chi connectivity index (χ0) is 52.4. The van der Waals surface area contributed by atoms with Crippen LogP contribution in [0.15, 0.2) is 151 Å². The summed E-state index contributed by atoms with van der Waals surface area (Å²) in [5.41, 5.74) is 3.24. The van der Waals surface area contributed by atoms with Crippen molar-refractivity contribution < 1.29 is 51.3 Å². The maximum Gasteiger partial charge on any atom is 0.408 e. The molecule has 6 aromatic rings. The third-order valence-corrected chi connectivity index (χ3v) is 14.7. The van der Waals surface area contributed by atoms with Crippen LogP contribution in [-0.2, 0) is 33.9 Å². The lowest BCUT2D eigenvalue weighted by atomic mass is 9.98. The van der Waals surface area contributed by atoms with Crippen molar-refractivity contribution in [3.05, 3.63) is 157 Å². The van der Waals surface area contributed by atoms with Gasteiger partial charge in [-0.2, -0.15) is 0 Å². The van der Waals surface area contributed by atoms with Gasteiger partial charge in [-0.25, -0.2) is 27.7 Å². The quantitative estimate of drug-likeness (QED) is 0.0705. The molecular weight excluding hydrogens is 965 g/mol. The van der Waals surface area contributed by atoms with E-state index in [0.717, 1.165) is 27.8 Å². The number of hydrogen-bond donors (Lipinski definition) is 4. The second-order valence-corrected chi connectivity index (χ2v) is 21.1. The summed E-state index contributed by atoms with van der Waals surface area (Å²) in [4.78, 5) is 77.1. The third-order valence-electron chi connectivity index (χ3n) is 13.3. The molecule has 17 nitrogen and oxygen atoms in total. The lowest BCUT2D eigenvalue weighted by Crippen LogP contribution is -2.59. The first-order valence-electron chi connectivity index (χ1n) is 24.1. The Labute approximate surface area is 428 Å². The van der Waals surface area contributed by atoms with Crippen LogP contribution in [0.2, 0.25) is 0 Å². The van der Waals surface area contributed by atoms with Crippen LogP contribution >= 0.6 is 0 Å². The normalized spacial score (nSPS) is 19.2. The molecule has 0 radical (unpaired) electrons. The zero-order valence-corrected chi connectivity index (χ0v) is 42.0. The number of rotatable bonds is 16. The first-order chi connectivity index (χ1) is 35.5. The van der Waals surface area contributed by atoms with E-state index >= 15 is 4.79 Å². The molecule has 1 aromatic heterocycles. The van der Waals surface area contributed by atoms with Gasteiger partial charge in [0.15, 0.2) is 0 Å². The predicted octanol–water partition coefficient (Wildman–Crippen LogP) is 7.26. The molecule has 4 N–H and O–H groups in total. The molecule has 382 valence electrons. The number of ether oxygens (including phenoxy) is 4. The van der Waals surface area contributed by atoms with Crippen molar-refractivity contribution in [3.8, 4) is 33.9 Å². The number of pyridine rings is 1. The van der Waals surface area contributed by atoms with Crippen LogP contribution in [0, 0.1) is 5.92 Å². The summed E-state index contributed by atoms with van der Waals surface area (Å²) < 4.78 is 52.5. The number of hydrogen-bond acceptors (Lipinski definition) is 12. The molecule has 74 heavy (non-hydrogen) atoms. The minimum absolute atomic E-state index is 0.0145. The molecule has 5 amide bonds. The van der Waals surface area contributed by atoms with Crippen LogP contribution in [0.5, 0.6) is 11.5 Å². The van der Waals surface area contributed by atoms with Crippen molar-refractivity contribution >= 4 is 50.8 Å². The van der Waals surface area contributed by atoms with E-state index in [1.165, 1.54) is 35.2 Å². The molecule has 0 bridgehead atoms. The number of carbonyl (C=O) groups excluding carboxylic acids is 5. The molecule has 5 atom stereocenters. The molecule has 0 spiro atoms. The molecule has 3 aliphatic rings. The number of sulfonamides is 1. The van der Waals surface area contributed by atoms with Gasteiger partial charge in [0.2, 0.25) is 11.8 Å². The molecule has 1 saturated heterocycles. The van der Waals surface area contributed by atoms with E-state index in [1.807, 2.05) is 78.9 Å². The van der Waals surface area contributed by atoms with Crippen molar-refractivity contribution in [1.29, 1.82) is 0 Å². The minimum atomic E-state index is -4.37. The molecule has 1 aliphatic heterocycles. The lowest BCUT2D eigenvalue weighted by Gasteiger charge is -2.30. The molecule has 5 aromatic carbocycles. The van der Waals surface area contributed by atoms with Crippen molar-refractivity contribution in [2.45, 2.75) is 73.8 Å². The van der Waals surface area contributed by atoms with Gasteiger partial charge in [-0.1, -0.05) is 103 Å². The average Bonchev–Trinajstić information content (AvgIpc) is 3.79. The Bertz CT molecular complexity index is 3210. The summed E-state index contributed by atoms with van der Waals surface area (Å²) in [7, 11) is -2.82. The van der Waals surface area contributed by atoms with Crippen molar-refractivity contribution in [2.75, 3.05) is 26.8 Å². The fourth-order valence-corrected chi connectivity index (χ4v) is 10.7. The van der Waals surface area contributed by atoms with Crippen LogP contribution in [0.4, 0.5) is 9.59 Å². The summed E-state index contributed by atoms with van der Waals surface area (Å²) in [5, 5.41) is 8.62. The lowest BCUT2D eigenvalue weighted by molar-refractivity contribution is -0.141. The topological polar surface area (TPSA) is 221 Å². The summed E-state index contributed by atoms with van der Waals surface area (Å²) in [6, 6.07) is 36.6. The fourth-order valence-electron chi connectivity index (χ4n) is 9.61. The number of methoxy groups -OCH3 is 1. The van der Waals surface area contributed by atoms with Crippen LogP contribution in [-0.4, -0.2) is 104 Å². The highest BCUT2D eigenvalue weighted by atomic mass is 32.2. The highest BCUT2D eigenvalue weighted by molar-refractivity contribution is 7.90. The van der Waals surface area contributed by atoms with Crippen LogP contribution < -0.4 is 30.1 Å². The van der Waals surface area contributed by atoms with Gasteiger partial charge in [-0.15, -0.1) is 6.58 Å². The van der Waals surface area contributed by atoms with Gasteiger partial charge in [0.1, 0.15) is 47.4 Å². The number of carbonyl (C=O) groups is 5. The van der Waals surface area contributed by atoms with Gasteiger partial charge in [0, 0.05) is 41.3 Å². The molecule has 1 unspecified atom stereocenters. The standard InChI is InChI=1S/C56H56N6O11S/c1-6-35-30-56(35,52(65)61-74(68,69)38-19-11-8-12-20-38)60-50(63)48-28-37(72-49-29-45(34-17-9-7-10-18-34)58-46-27-36(70-5)25-26-43(46)49)32-62(48)51(64)47(59-54(67)73-55(2,3)4)31-57-53(66)71-33-44-41-23-15-13-21-39(41)40-22-14-16-24-42(40)44/h6-27,29,35,37,44,47-48H,1,28,30-33H2,2-5H3,(H,57,66)(H,59,67)(H,60,63)(H,61,65)/t35-,37?,47+,48+,56-/m1/s1. The Morgan fingerprint density at radius 2 is 1.50 bits per heavy atom. The smallest absolute Gasteiger partial charge is 0.408 e.